The Balaban J connectivity index is 2.35. The molecule has 0 fully saturated rings. The first-order valence-corrected chi connectivity index (χ1v) is 6.29. The van der Waals surface area contributed by atoms with Crippen molar-refractivity contribution in [3.8, 4) is 0 Å². The minimum atomic E-state index is -0.432. The highest BCUT2D eigenvalue weighted by Gasteiger charge is 2.06. The fourth-order valence-corrected chi connectivity index (χ4v) is 2.39. The van der Waals surface area contributed by atoms with Gasteiger partial charge in [-0.1, -0.05) is 17.7 Å². The van der Waals surface area contributed by atoms with Gasteiger partial charge in [0.2, 0.25) is 0 Å². The number of anilines is 3. The lowest BCUT2D eigenvalue weighted by atomic mass is 10.2. The summed E-state index contributed by atoms with van der Waals surface area (Å²) >= 11 is 8.01. The van der Waals surface area contributed by atoms with E-state index < -0.39 is 5.82 Å². The summed E-state index contributed by atoms with van der Waals surface area (Å²) in [5, 5.41) is 3.74. The Bertz CT molecular complexity index is 560. The molecule has 2 aromatic rings. The first-order valence-electron chi connectivity index (χ1n) is 4.84. The molecule has 0 aliphatic heterocycles. The summed E-state index contributed by atoms with van der Waals surface area (Å²) in [6.07, 6.45) is 0. The van der Waals surface area contributed by atoms with Crippen molar-refractivity contribution in [2.24, 2.45) is 0 Å². The maximum absolute atomic E-state index is 13.3. The van der Waals surface area contributed by atoms with E-state index in [4.69, 9.17) is 17.3 Å². The molecule has 2 rings (SSSR count). The van der Waals surface area contributed by atoms with E-state index >= 15 is 0 Å². The molecule has 0 radical (unpaired) electrons. The van der Waals surface area contributed by atoms with Crippen LogP contribution in [0, 0.1) is 9.39 Å². The van der Waals surface area contributed by atoms with Crippen molar-refractivity contribution in [2.75, 3.05) is 11.1 Å². The van der Waals surface area contributed by atoms with Crippen LogP contribution in [0.1, 0.15) is 0 Å². The molecule has 0 aromatic heterocycles. The average Bonchev–Trinajstić information content (AvgIpc) is 2.28. The Hall–Kier alpha value is -1.01. The summed E-state index contributed by atoms with van der Waals surface area (Å²) in [7, 11) is 0. The van der Waals surface area contributed by atoms with Crippen molar-refractivity contribution in [3.05, 3.63) is 50.8 Å². The van der Waals surface area contributed by atoms with Gasteiger partial charge in [0.05, 0.1) is 17.1 Å². The van der Waals surface area contributed by atoms with E-state index in [9.17, 15) is 4.39 Å². The highest BCUT2D eigenvalue weighted by atomic mass is 127. The molecule has 0 aliphatic rings. The summed E-state index contributed by atoms with van der Waals surface area (Å²) in [6, 6.07) is 10.1. The van der Waals surface area contributed by atoms with Crippen LogP contribution < -0.4 is 11.1 Å². The van der Waals surface area contributed by atoms with E-state index in [1.807, 2.05) is 12.1 Å². The maximum Gasteiger partial charge on any atom is 0.148 e. The van der Waals surface area contributed by atoms with Gasteiger partial charge in [-0.05, 0) is 52.9 Å². The monoisotopic (exact) mass is 362 g/mol. The summed E-state index contributed by atoms with van der Waals surface area (Å²) < 4.78 is 14.2. The third kappa shape index (κ3) is 2.81. The molecule has 0 bridgehead atoms. The highest BCUT2D eigenvalue weighted by Crippen LogP contribution is 2.29. The first kappa shape index (κ1) is 12.4. The number of para-hydroxylation sites is 1. The molecule has 2 nitrogen and oxygen atoms in total. The third-order valence-corrected chi connectivity index (χ3v) is 3.38. The lowest BCUT2D eigenvalue weighted by molar-refractivity contribution is 0.633. The Morgan fingerprint density at radius 2 is 1.94 bits per heavy atom. The van der Waals surface area contributed by atoms with Crippen molar-refractivity contribution >= 4 is 51.3 Å². The summed E-state index contributed by atoms with van der Waals surface area (Å²) in [5.74, 6) is -0.432. The average molecular weight is 363 g/mol. The lowest BCUT2D eigenvalue weighted by Gasteiger charge is -2.11. The Morgan fingerprint density at radius 1 is 1.18 bits per heavy atom. The summed E-state index contributed by atoms with van der Waals surface area (Å²) in [6.45, 7) is 0. The molecule has 2 aromatic carbocycles. The zero-order chi connectivity index (χ0) is 12.4. The van der Waals surface area contributed by atoms with Gasteiger partial charge in [-0.25, -0.2) is 4.39 Å². The van der Waals surface area contributed by atoms with Crippen molar-refractivity contribution in [3.63, 3.8) is 0 Å². The molecule has 0 atom stereocenters. The molecule has 17 heavy (non-hydrogen) atoms. The molecule has 0 spiro atoms. The summed E-state index contributed by atoms with van der Waals surface area (Å²) in [5.41, 5.74) is 7.14. The van der Waals surface area contributed by atoms with Gasteiger partial charge < -0.3 is 11.1 Å². The second-order valence-electron chi connectivity index (χ2n) is 3.45. The summed E-state index contributed by atoms with van der Waals surface area (Å²) in [4.78, 5) is 0. The molecular weight excluding hydrogens is 354 g/mol. The number of nitrogens with two attached hydrogens (primary N) is 1. The molecule has 0 saturated heterocycles. The van der Waals surface area contributed by atoms with Gasteiger partial charge >= 0.3 is 0 Å². The van der Waals surface area contributed by atoms with Gasteiger partial charge in [0, 0.05) is 8.59 Å². The van der Waals surface area contributed by atoms with Crippen LogP contribution in [0.25, 0.3) is 0 Å². The minimum absolute atomic E-state index is 0.109. The van der Waals surface area contributed by atoms with Gasteiger partial charge in [-0.15, -0.1) is 0 Å². The first-order chi connectivity index (χ1) is 8.08. The second kappa shape index (κ2) is 5.10. The fraction of sp³-hybridized carbons (Fsp3) is 0. The highest BCUT2D eigenvalue weighted by molar-refractivity contribution is 14.1. The molecule has 3 N–H and O–H groups in total. The predicted molar refractivity (Wildman–Crippen MR) is 78.3 cm³/mol. The SMILES string of the molecule is Nc1c(F)cccc1Nc1ccc(Cl)cc1I. The van der Waals surface area contributed by atoms with Gasteiger partial charge in [0.15, 0.2) is 0 Å². The largest absolute Gasteiger partial charge is 0.395 e. The van der Waals surface area contributed by atoms with Crippen LogP contribution in [-0.4, -0.2) is 0 Å². The number of nitrogens with one attached hydrogen (secondary N) is 1. The van der Waals surface area contributed by atoms with Gasteiger partial charge in [-0.3, -0.25) is 0 Å². The van der Waals surface area contributed by atoms with E-state index in [2.05, 4.69) is 27.9 Å². The maximum atomic E-state index is 13.3. The van der Waals surface area contributed by atoms with Crippen LogP contribution in [-0.2, 0) is 0 Å². The van der Waals surface area contributed by atoms with Crippen LogP contribution in [0.3, 0.4) is 0 Å². The van der Waals surface area contributed by atoms with Crippen molar-refractivity contribution in [2.45, 2.75) is 0 Å². The Kier molecular flexibility index (Phi) is 3.73. The van der Waals surface area contributed by atoms with Gasteiger partial charge in [0.1, 0.15) is 5.82 Å². The predicted octanol–water partition coefficient (Wildman–Crippen LogP) is 4.41. The van der Waals surface area contributed by atoms with E-state index in [1.54, 1.807) is 18.2 Å². The van der Waals surface area contributed by atoms with Crippen molar-refractivity contribution in [1.29, 1.82) is 0 Å². The van der Waals surface area contributed by atoms with Gasteiger partial charge in [0.25, 0.3) is 0 Å². The van der Waals surface area contributed by atoms with Gasteiger partial charge in [-0.2, -0.15) is 0 Å². The number of halogens is 3. The smallest absolute Gasteiger partial charge is 0.148 e. The van der Waals surface area contributed by atoms with Crippen LogP contribution in [0.4, 0.5) is 21.5 Å². The van der Waals surface area contributed by atoms with Crippen LogP contribution in [0.15, 0.2) is 36.4 Å². The molecule has 0 aliphatic carbocycles. The zero-order valence-corrected chi connectivity index (χ0v) is 11.6. The van der Waals surface area contributed by atoms with Crippen molar-refractivity contribution < 1.29 is 4.39 Å². The molecule has 0 unspecified atom stereocenters. The minimum Gasteiger partial charge on any atom is -0.395 e. The number of hydrogen-bond donors (Lipinski definition) is 2. The molecular formula is C12H9ClFIN2. The van der Waals surface area contributed by atoms with Crippen LogP contribution in [0.5, 0.6) is 0 Å². The second-order valence-corrected chi connectivity index (χ2v) is 5.05. The number of benzene rings is 2. The zero-order valence-electron chi connectivity index (χ0n) is 8.68. The molecule has 0 saturated carbocycles. The normalized spacial score (nSPS) is 10.3. The van der Waals surface area contributed by atoms with E-state index in [-0.39, 0.29) is 5.69 Å². The molecule has 5 heteroatoms. The topological polar surface area (TPSA) is 38.0 Å². The Labute approximate surface area is 117 Å². The standard InChI is InChI=1S/C12H9ClFIN2/c13-7-4-5-10(9(15)6-7)17-11-3-1-2-8(14)12(11)16/h1-6,17H,16H2. The quantitative estimate of drug-likeness (QED) is 0.613. The number of hydrogen-bond acceptors (Lipinski definition) is 2. The third-order valence-electron chi connectivity index (χ3n) is 2.25. The lowest BCUT2D eigenvalue weighted by Crippen LogP contribution is -1.99. The molecule has 0 heterocycles. The van der Waals surface area contributed by atoms with E-state index in [1.165, 1.54) is 6.07 Å². The molecule has 0 amide bonds. The molecule has 88 valence electrons. The van der Waals surface area contributed by atoms with E-state index in [0.29, 0.717) is 10.7 Å². The van der Waals surface area contributed by atoms with E-state index in [0.717, 1.165) is 9.26 Å². The van der Waals surface area contributed by atoms with Crippen LogP contribution >= 0.6 is 34.2 Å². The van der Waals surface area contributed by atoms with Crippen LogP contribution in [0.2, 0.25) is 5.02 Å². The number of rotatable bonds is 2. The fourth-order valence-electron chi connectivity index (χ4n) is 1.38. The van der Waals surface area contributed by atoms with Crippen molar-refractivity contribution in [1.82, 2.24) is 0 Å². The number of nitrogen functional groups attached to an aromatic ring is 1. The Morgan fingerprint density at radius 3 is 2.65 bits per heavy atom.